The van der Waals surface area contributed by atoms with E-state index < -0.39 is 0 Å². The van der Waals surface area contributed by atoms with E-state index in [-0.39, 0.29) is 12.6 Å². The molecular weight excluding hydrogens is 260 g/mol. The van der Waals surface area contributed by atoms with Crippen molar-refractivity contribution in [3.63, 3.8) is 0 Å². The van der Waals surface area contributed by atoms with E-state index in [1.54, 1.807) is 0 Å². The number of hydrogen-bond donors (Lipinski definition) is 2. The maximum atomic E-state index is 9.74. The van der Waals surface area contributed by atoms with Crippen molar-refractivity contribution in [1.82, 2.24) is 5.32 Å². The smallest absolute Gasteiger partial charge is 0.0637 e. The number of aliphatic hydroxyl groups is 1. The Bertz CT molecular complexity index is 435. The van der Waals surface area contributed by atoms with Gasteiger partial charge in [-0.15, -0.1) is 0 Å². The Morgan fingerprint density at radius 1 is 1.33 bits per heavy atom. The molecule has 2 rings (SSSR count). The SMILES string of the molecule is CCCNC(CC)c1ccccc1N1CCC(C)C1CO. The molecule has 1 saturated heterocycles. The first-order valence-corrected chi connectivity index (χ1v) is 8.42. The molecule has 1 aliphatic rings. The van der Waals surface area contributed by atoms with Crippen LogP contribution >= 0.6 is 0 Å². The molecule has 1 aliphatic heterocycles. The summed E-state index contributed by atoms with van der Waals surface area (Å²) in [5.41, 5.74) is 2.68. The summed E-state index contributed by atoms with van der Waals surface area (Å²) >= 11 is 0. The predicted octanol–water partition coefficient (Wildman–Crippen LogP) is 3.34. The molecule has 3 nitrogen and oxygen atoms in total. The summed E-state index contributed by atoms with van der Waals surface area (Å²) in [5.74, 6) is 0.562. The first-order chi connectivity index (χ1) is 10.2. The zero-order valence-electron chi connectivity index (χ0n) is 13.7. The lowest BCUT2D eigenvalue weighted by molar-refractivity contribution is 0.244. The van der Waals surface area contributed by atoms with E-state index in [9.17, 15) is 5.11 Å². The molecule has 0 amide bonds. The van der Waals surface area contributed by atoms with Crippen molar-refractivity contribution in [2.24, 2.45) is 5.92 Å². The molecular formula is C18H30N2O. The summed E-state index contributed by atoms with van der Waals surface area (Å²) in [6.07, 6.45) is 3.40. The van der Waals surface area contributed by atoms with E-state index in [0.717, 1.165) is 25.9 Å². The fraction of sp³-hybridized carbons (Fsp3) is 0.667. The summed E-state index contributed by atoms with van der Waals surface area (Å²) in [6, 6.07) is 9.35. The Morgan fingerprint density at radius 3 is 2.76 bits per heavy atom. The fourth-order valence-corrected chi connectivity index (χ4v) is 3.42. The number of nitrogens with zero attached hydrogens (tertiary/aromatic N) is 1. The summed E-state index contributed by atoms with van der Waals surface area (Å²) in [6.45, 7) is 9.03. The second-order valence-corrected chi connectivity index (χ2v) is 6.18. The number of nitrogens with one attached hydrogen (secondary N) is 1. The number of aliphatic hydroxyl groups excluding tert-OH is 1. The van der Waals surface area contributed by atoms with Crippen molar-refractivity contribution in [2.45, 2.75) is 52.1 Å². The highest BCUT2D eigenvalue weighted by atomic mass is 16.3. The quantitative estimate of drug-likeness (QED) is 0.808. The van der Waals surface area contributed by atoms with E-state index in [1.165, 1.54) is 17.7 Å². The third-order valence-corrected chi connectivity index (χ3v) is 4.74. The minimum atomic E-state index is 0.245. The minimum Gasteiger partial charge on any atom is -0.394 e. The average Bonchev–Trinajstić information content (AvgIpc) is 2.89. The van der Waals surface area contributed by atoms with Crippen molar-refractivity contribution in [2.75, 3.05) is 24.6 Å². The van der Waals surface area contributed by atoms with Gasteiger partial charge < -0.3 is 15.3 Å². The maximum absolute atomic E-state index is 9.74. The van der Waals surface area contributed by atoms with Crippen LogP contribution < -0.4 is 10.2 Å². The fourth-order valence-electron chi connectivity index (χ4n) is 3.42. The molecule has 0 saturated carbocycles. The largest absolute Gasteiger partial charge is 0.394 e. The molecule has 0 spiro atoms. The molecule has 1 fully saturated rings. The Morgan fingerprint density at radius 2 is 2.10 bits per heavy atom. The second-order valence-electron chi connectivity index (χ2n) is 6.18. The lowest BCUT2D eigenvalue weighted by Gasteiger charge is -2.31. The van der Waals surface area contributed by atoms with Crippen LogP contribution in [0.2, 0.25) is 0 Å². The van der Waals surface area contributed by atoms with Gasteiger partial charge in [-0.25, -0.2) is 0 Å². The van der Waals surface area contributed by atoms with Crippen molar-refractivity contribution >= 4 is 5.69 Å². The van der Waals surface area contributed by atoms with E-state index in [1.807, 2.05) is 0 Å². The number of hydrogen-bond acceptors (Lipinski definition) is 3. The van der Waals surface area contributed by atoms with Crippen LogP contribution in [-0.4, -0.2) is 30.8 Å². The summed E-state index contributed by atoms with van der Waals surface area (Å²) < 4.78 is 0. The molecule has 0 aromatic heterocycles. The number of anilines is 1. The third kappa shape index (κ3) is 3.58. The molecule has 118 valence electrons. The highest BCUT2D eigenvalue weighted by molar-refractivity contribution is 5.56. The molecule has 0 bridgehead atoms. The number of benzene rings is 1. The Balaban J connectivity index is 2.27. The predicted molar refractivity (Wildman–Crippen MR) is 89.8 cm³/mol. The van der Waals surface area contributed by atoms with Crippen LogP contribution in [0.3, 0.4) is 0 Å². The van der Waals surface area contributed by atoms with Gasteiger partial charge in [0.25, 0.3) is 0 Å². The van der Waals surface area contributed by atoms with Gasteiger partial charge in [0.1, 0.15) is 0 Å². The molecule has 2 N–H and O–H groups in total. The molecule has 3 heteroatoms. The van der Waals surface area contributed by atoms with Crippen LogP contribution in [0, 0.1) is 5.92 Å². The minimum absolute atomic E-state index is 0.245. The van der Waals surface area contributed by atoms with Gasteiger partial charge in [-0.2, -0.15) is 0 Å². The van der Waals surface area contributed by atoms with Gasteiger partial charge in [0, 0.05) is 18.3 Å². The zero-order chi connectivity index (χ0) is 15.2. The van der Waals surface area contributed by atoms with Crippen molar-refractivity contribution in [1.29, 1.82) is 0 Å². The van der Waals surface area contributed by atoms with Gasteiger partial charge in [0.05, 0.1) is 12.6 Å². The van der Waals surface area contributed by atoms with Crippen LogP contribution in [0.1, 0.15) is 51.6 Å². The second kappa shape index (κ2) is 7.81. The normalized spacial score (nSPS) is 23.5. The van der Waals surface area contributed by atoms with Crippen LogP contribution in [0.5, 0.6) is 0 Å². The van der Waals surface area contributed by atoms with Crippen LogP contribution in [0.15, 0.2) is 24.3 Å². The first-order valence-electron chi connectivity index (χ1n) is 8.42. The van der Waals surface area contributed by atoms with Crippen molar-refractivity contribution in [3.8, 4) is 0 Å². The zero-order valence-corrected chi connectivity index (χ0v) is 13.7. The number of rotatable bonds is 7. The summed E-state index contributed by atoms with van der Waals surface area (Å²) in [5, 5.41) is 13.4. The van der Waals surface area contributed by atoms with E-state index in [4.69, 9.17) is 0 Å². The standard InChI is InChI=1S/C18H30N2O/c1-4-11-19-16(5-2)15-8-6-7-9-17(15)20-12-10-14(3)18(20)13-21/h6-9,14,16,18-19,21H,4-5,10-13H2,1-3H3. The van der Waals surface area contributed by atoms with Crippen LogP contribution in [0.25, 0.3) is 0 Å². The van der Waals surface area contributed by atoms with Crippen molar-refractivity contribution < 1.29 is 5.11 Å². The van der Waals surface area contributed by atoms with Crippen LogP contribution in [0.4, 0.5) is 5.69 Å². The van der Waals surface area contributed by atoms with E-state index >= 15 is 0 Å². The van der Waals surface area contributed by atoms with E-state index in [0.29, 0.717) is 12.0 Å². The number of para-hydroxylation sites is 1. The molecule has 3 atom stereocenters. The summed E-state index contributed by atoms with van der Waals surface area (Å²) in [7, 11) is 0. The van der Waals surface area contributed by atoms with Gasteiger partial charge in [0.15, 0.2) is 0 Å². The molecule has 21 heavy (non-hydrogen) atoms. The Hall–Kier alpha value is -1.06. The van der Waals surface area contributed by atoms with Gasteiger partial charge in [-0.3, -0.25) is 0 Å². The Kier molecular flexibility index (Phi) is 6.07. The highest BCUT2D eigenvalue weighted by Crippen LogP contribution is 2.35. The van der Waals surface area contributed by atoms with Crippen LogP contribution in [-0.2, 0) is 0 Å². The molecule has 0 aliphatic carbocycles. The molecule has 3 unspecified atom stereocenters. The topological polar surface area (TPSA) is 35.5 Å². The van der Waals surface area contributed by atoms with Gasteiger partial charge in [-0.05, 0) is 43.4 Å². The lowest BCUT2D eigenvalue weighted by Crippen LogP contribution is -2.36. The van der Waals surface area contributed by atoms with Gasteiger partial charge in [0.2, 0.25) is 0 Å². The summed E-state index contributed by atoms with van der Waals surface area (Å²) in [4.78, 5) is 2.41. The van der Waals surface area contributed by atoms with Gasteiger partial charge >= 0.3 is 0 Å². The molecule has 1 heterocycles. The molecule has 0 radical (unpaired) electrons. The Labute approximate surface area is 129 Å². The van der Waals surface area contributed by atoms with E-state index in [2.05, 4.69) is 55.3 Å². The monoisotopic (exact) mass is 290 g/mol. The maximum Gasteiger partial charge on any atom is 0.0637 e. The third-order valence-electron chi connectivity index (χ3n) is 4.74. The van der Waals surface area contributed by atoms with Gasteiger partial charge in [-0.1, -0.05) is 39.0 Å². The molecule has 1 aromatic rings. The first kappa shape index (κ1) is 16.3. The molecule has 1 aromatic carbocycles. The lowest BCUT2D eigenvalue weighted by atomic mass is 9.99. The van der Waals surface area contributed by atoms with Crippen molar-refractivity contribution in [3.05, 3.63) is 29.8 Å². The average molecular weight is 290 g/mol. The highest BCUT2D eigenvalue weighted by Gasteiger charge is 2.32.